The Balaban J connectivity index is 0.00000180. The third-order valence-electron chi connectivity index (χ3n) is 3.25. The molecule has 1 aromatic carbocycles. The number of rotatable bonds is 2. The zero-order valence-corrected chi connectivity index (χ0v) is 10.5. The number of hydrogen-bond donors (Lipinski definition) is 1. The van der Waals surface area contributed by atoms with Gasteiger partial charge in [0.1, 0.15) is 5.82 Å². The minimum atomic E-state index is -0.420. The molecule has 0 saturated carbocycles. The van der Waals surface area contributed by atoms with E-state index in [1.807, 2.05) is 19.9 Å². The van der Waals surface area contributed by atoms with Gasteiger partial charge in [-0.25, -0.2) is 4.39 Å². The number of piperidine rings is 1. The number of halogens is 1. The van der Waals surface area contributed by atoms with Crippen LogP contribution in [0.25, 0.3) is 0 Å². The van der Waals surface area contributed by atoms with E-state index < -0.39 is 5.92 Å². The van der Waals surface area contributed by atoms with Crippen LogP contribution >= 0.6 is 0 Å². The largest absolute Gasteiger partial charge is 0.296 e. The molecule has 1 aliphatic heterocycles. The predicted molar refractivity (Wildman–Crippen MR) is 67.7 cm³/mol. The SMILES string of the molecule is CC(C)c1cc(F)cc(C2CCC(=O)NC2=O)c1.[HH]. The van der Waals surface area contributed by atoms with Crippen molar-refractivity contribution in [1.82, 2.24) is 5.32 Å². The molecule has 2 amide bonds. The Morgan fingerprint density at radius 2 is 2.06 bits per heavy atom. The van der Waals surface area contributed by atoms with Gasteiger partial charge in [0.05, 0.1) is 5.92 Å². The highest BCUT2D eigenvalue weighted by Gasteiger charge is 2.28. The quantitative estimate of drug-likeness (QED) is 0.821. The van der Waals surface area contributed by atoms with Gasteiger partial charge in [-0.2, -0.15) is 0 Å². The van der Waals surface area contributed by atoms with E-state index in [2.05, 4.69) is 5.32 Å². The fourth-order valence-corrected chi connectivity index (χ4v) is 2.18. The monoisotopic (exact) mass is 251 g/mol. The Bertz CT molecular complexity index is 502. The van der Waals surface area contributed by atoms with Crippen LogP contribution in [-0.4, -0.2) is 11.8 Å². The third kappa shape index (κ3) is 2.58. The molecule has 1 heterocycles. The summed E-state index contributed by atoms with van der Waals surface area (Å²) in [7, 11) is 0. The highest BCUT2D eigenvalue weighted by molar-refractivity contribution is 6.00. The van der Waals surface area contributed by atoms with Gasteiger partial charge in [-0.3, -0.25) is 14.9 Å². The van der Waals surface area contributed by atoms with Crippen LogP contribution in [-0.2, 0) is 9.59 Å². The first-order valence-electron chi connectivity index (χ1n) is 6.11. The van der Waals surface area contributed by atoms with Crippen molar-refractivity contribution in [2.75, 3.05) is 0 Å². The van der Waals surface area contributed by atoms with Crippen molar-refractivity contribution in [3.05, 3.63) is 35.1 Å². The molecule has 1 aromatic rings. The maximum Gasteiger partial charge on any atom is 0.234 e. The first-order chi connectivity index (χ1) is 8.47. The summed E-state index contributed by atoms with van der Waals surface area (Å²) in [6.45, 7) is 3.95. The van der Waals surface area contributed by atoms with Gasteiger partial charge in [0.15, 0.2) is 0 Å². The average Bonchev–Trinajstić information content (AvgIpc) is 2.27. The lowest BCUT2D eigenvalue weighted by Crippen LogP contribution is -2.39. The summed E-state index contributed by atoms with van der Waals surface area (Å²) >= 11 is 0. The van der Waals surface area contributed by atoms with E-state index in [0.29, 0.717) is 18.4 Å². The summed E-state index contributed by atoms with van der Waals surface area (Å²) in [5.74, 6) is -1.13. The topological polar surface area (TPSA) is 46.2 Å². The number of amides is 2. The van der Waals surface area contributed by atoms with Crippen LogP contribution in [0.15, 0.2) is 18.2 Å². The molecule has 1 unspecified atom stereocenters. The van der Waals surface area contributed by atoms with Crippen LogP contribution in [0.1, 0.15) is 51.1 Å². The maximum absolute atomic E-state index is 13.5. The molecule has 0 radical (unpaired) electrons. The zero-order valence-electron chi connectivity index (χ0n) is 10.5. The van der Waals surface area contributed by atoms with Gasteiger partial charge < -0.3 is 0 Å². The second kappa shape index (κ2) is 4.88. The van der Waals surface area contributed by atoms with E-state index in [9.17, 15) is 14.0 Å². The first kappa shape index (κ1) is 12.7. The molecule has 1 atom stereocenters. The molecule has 3 nitrogen and oxygen atoms in total. The number of carbonyl (C=O) groups is 2. The van der Waals surface area contributed by atoms with E-state index in [0.717, 1.165) is 5.56 Å². The first-order valence-corrected chi connectivity index (χ1v) is 6.11. The highest BCUT2D eigenvalue weighted by atomic mass is 19.1. The van der Waals surface area contributed by atoms with E-state index in [1.165, 1.54) is 12.1 Å². The van der Waals surface area contributed by atoms with Gasteiger partial charge >= 0.3 is 0 Å². The molecule has 0 aliphatic carbocycles. The Kier molecular flexibility index (Phi) is 3.45. The number of nitrogens with one attached hydrogen (secondary N) is 1. The summed E-state index contributed by atoms with van der Waals surface area (Å²) in [5, 5.41) is 2.30. The van der Waals surface area contributed by atoms with Gasteiger partial charge in [-0.1, -0.05) is 19.9 Å². The Labute approximate surface area is 107 Å². The Morgan fingerprint density at radius 1 is 1.33 bits per heavy atom. The van der Waals surface area contributed by atoms with E-state index >= 15 is 0 Å². The normalized spacial score (nSPS) is 20.1. The second-order valence-corrected chi connectivity index (χ2v) is 4.98. The molecule has 1 saturated heterocycles. The van der Waals surface area contributed by atoms with Crippen LogP contribution in [0.2, 0.25) is 0 Å². The number of carbonyl (C=O) groups excluding carboxylic acids is 2. The van der Waals surface area contributed by atoms with Crippen LogP contribution < -0.4 is 5.32 Å². The van der Waals surface area contributed by atoms with Gasteiger partial charge in [0.25, 0.3) is 0 Å². The fourth-order valence-electron chi connectivity index (χ4n) is 2.18. The average molecular weight is 251 g/mol. The van der Waals surface area contributed by atoms with Crippen LogP contribution in [0.4, 0.5) is 4.39 Å². The molecule has 0 spiro atoms. The van der Waals surface area contributed by atoms with E-state index in [1.54, 1.807) is 0 Å². The molecule has 0 bridgehead atoms. The highest BCUT2D eigenvalue weighted by Crippen LogP contribution is 2.28. The van der Waals surface area contributed by atoms with Gasteiger partial charge in [-0.05, 0) is 35.6 Å². The van der Waals surface area contributed by atoms with Gasteiger partial charge in [-0.15, -0.1) is 0 Å². The summed E-state index contributed by atoms with van der Waals surface area (Å²) in [6.07, 6.45) is 0.760. The molecular formula is C14H18FNO2. The number of benzene rings is 1. The summed E-state index contributed by atoms with van der Waals surface area (Å²) in [6, 6.07) is 4.72. The Morgan fingerprint density at radius 3 is 2.67 bits per heavy atom. The lowest BCUT2D eigenvalue weighted by atomic mass is 9.88. The third-order valence-corrected chi connectivity index (χ3v) is 3.25. The minimum absolute atomic E-state index is 0. The minimum Gasteiger partial charge on any atom is -0.296 e. The lowest BCUT2D eigenvalue weighted by Gasteiger charge is -2.22. The second-order valence-electron chi connectivity index (χ2n) is 4.98. The predicted octanol–water partition coefficient (Wildman–Crippen LogP) is 2.72. The van der Waals surface area contributed by atoms with Crippen molar-refractivity contribution in [3.8, 4) is 0 Å². The summed E-state index contributed by atoms with van der Waals surface area (Å²) in [4.78, 5) is 22.8. The zero-order chi connectivity index (χ0) is 13.3. The lowest BCUT2D eigenvalue weighted by molar-refractivity contribution is -0.134. The molecule has 98 valence electrons. The standard InChI is InChI=1S/C14H16FNO2.H2/c1-8(2)9-5-10(7-11(15)6-9)12-3-4-13(17)16-14(12)18;/h5-8,12H,3-4H2,1-2H3,(H,16,17,18);1H. The molecule has 0 aromatic heterocycles. The maximum atomic E-state index is 13.5. The van der Waals surface area contributed by atoms with Crippen LogP contribution in [0, 0.1) is 5.82 Å². The fraction of sp³-hybridized carbons (Fsp3) is 0.429. The van der Waals surface area contributed by atoms with Gasteiger partial charge in [0.2, 0.25) is 11.8 Å². The molecule has 1 aliphatic rings. The molecule has 1 N–H and O–H groups in total. The van der Waals surface area contributed by atoms with Crippen molar-refractivity contribution in [3.63, 3.8) is 0 Å². The van der Waals surface area contributed by atoms with Crippen molar-refractivity contribution in [2.24, 2.45) is 0 Å². The summed E-state index contributed by atoms with van der Waals surface area (Å²) in [5.41, 5.74) is 1.53. The van der Waals surface area contributed by atoms with Crippen molar-refractivity contribution < 1.29 is 15.4 Å². The number of hydrogen-bond acceptors (Lipinski definition) is 2. The molecule has 18 heavy (non-hydrogen) atoms. The van der Waals surface area contributed by atoms with Crippen LogP contribution in [0.3, 0.4) is 0 Å². The molecular weight excluding hydrogens is 233 g/mol. The molecule has 4 heteroatoms. The number of imide groups is 1. The van der Waals surface area contributed by atoms with Crippen molar-refractivity contribution in [1.29, 1.82) is 0 Å². The Hall–Kier alpha value is -1.71. The van der Waals surface area contributed by atoms with Gasteiger partial charge in [0, 0.05) is 7.85 Å². The van der Waals surface area contributed by atoms with E-state index in [-0.39, 0.29) is 25.0 Å². The van der Waals surface area contributed by atoms with Crippen molar-refractivity contribution in [2.45, 2.75) is 38.5 Å². The molecule has 2 rings (SSSR count). The smallest absolute Gasteiger partial charge is 0.234 e. The van der Waals surface area contributed by atoms with Crippen LogP contribution in [0.5, 0.6) is 0 Å². The van der Waals surface area contributed by atoms with E-state index in [4.69, 9.17) is 0 Å². The summed E-state index contributed by atoms with van der Waals surface area (Å²) < 4.78 is 13.5. The van der Waals surface area contributed by atoms with Crippen molar-refractivity contribution >= 4 is 11.8 Å². The molecule has 1 fully saturated rings.